The largest absolute Gasteiger partial charge is 0.400 e. The summed E-state index contributed by atoms with van der Waals surface area (Å²) in [5.41, 5.74) is 0.532. The fourth-order valence-corrected chi connectivity index (χ4v) is 1.88. The highest BCUT2D eigenvalue weighted by Crippen LogP contribution is 2.33. The second-order valence-corrected chi connectivity index (χ2v) is 4.09. The highest BCUT2D eigenvalue weighted by molar-refractivity contribution is 6.32. The minimum atomic E-state index is -3.31. The topological polar surface area (TPSA) is 64.3 Å². The molecule has 0 aliphatic carbocycles. The number of anilines is 1. The van der Waals surface area contributed by atoms with Crippen molar-refractivity contribution in [2.75, 3.05) is 18.6 Å². The molecule has 1 fully saturated rings. The van der Waals surface area contributed by atoms with Crippen molar-refractivity contribution < 1.29 is 18.7 Å². The molecule has 21 heavy (non-hydrogen) atoms. The first-order chi connectivity index (χ1) is 9.95. The number of carbonyl (C=O) groups excluding carboxylic acids is 1. The van der Waals surface area contributed by atoms with Gasteiger partial charge < -0.3 is 10.0 Å². The Bertz CT molecular complexity index is 530. The zero-order chi connectivity index (χ0) is 16.6. The van der Waals surface area contributed by atoms with Crippen LogP contribution in [0.15, 0.2) is 18.2 Å². The third-order valence-corrected chi connectivity index (χ3v) is 2.90. The van der Waals surface area contributed by atoms with Gasteiger partial charge in [0.25, 0.3) is 5.91 Å². The zero-order valence-corrected chi connectivity index (χ0v) is 12.8. The molecule has 0 bridgehead atoms. The van der Waals surface area contributed by atoms with Crippen molar-refractivity contribution in [1.29, 1.82) is 5.26 Å². The van der Waals surface area contributed by atoms with Gasteiger partial charge in [-0.1, -0.05) is 25.4 Å². The summed E-state index contributed by atoms with van der Waals surface area (Å²) in [5, 5.41) is 15.8. The van der Waals surface area contributed by atoms with Crippen LogP contribution in [0.4, 0.5) is 14.5 Å². The van der Waals surface area contributed by atoms with Gasteiger partial charge in [-0.2, -0.15) is 14.0 Å². The Labute approximate surface area is 127 Å². The van der Waals surface area contributed by atoms with Gasteiger partial charge >= 0.3 is 5.92 Å². The summed E-state index contributed by atoms with van der Waals surface area (Å²) in [4.78, 5) is 12.3. The van der Waals surface area contributed by atoms with Crippen LogP contribution in [0, 0.1) is 11.3 Å². The maximum absolute atomic E-state index is 13.0. The SMILES string of the molecule is CC.CO.N#Cc1ccc(N2CCC(F)(F)C2=O)cc1Cl. The molecular formula is C14H17ClF2N2O2. The summed E-state index contributed by atoms with van der Waals surface area (Å²) in [5.74, 6) is -4.53. The summed E-state index contributed by atoms with van der Waals surface area (Å²) < 4.78 is 26.1. The summed E-state index contributed by atoms with van der Waals surface area (Å²) in [7, 11) is 1.00. The van der Waals surface area contributed by atoms with Crippen molar-refractivity contribution in [2.24, 2.45) is 0 Å². The number of benzene rings is 1. The van der Waals surface area contributed by atoms with Gasteiger partial charge in [0.1, 0.15) is 6.07 Å². The van der Waals surface area contributed by atoms with Crippen LogP contribution in [-0.4, -0.2) is 30.6 Å². The molecule has 0 spiro atoms. The Hall–Kier alpha value is -1.71. The van der Waals surface area contributed by atoms with Crippen LogP contribution in [0.3, 0.4) is 0 Å². The predicted molar refractivity (Wildman–Crippen MR) is 77.6 cm³/mol. The number of nitrogens with zero attached hydrogens (tertiary/aromatic N) is 2. The maximum atomic E-state index is 13.0. The number of hydrogen-bond acceptors (Lipinski definition) is 3. The first kappa shape index (κ1) is 19.3. The number of rotatable bonds is 1. The molecular weight excluding hydrogens is 302 g/mol. The third kappa shape index (κ3) is 4.38. The molecule has 1 saturated heterocycles. The lowest BCUT2D eigenvalue weighted by Gasteiger charge is -2.16. The number of hydrogen-bond donors (Lipinski definition) is 1. The molecule has 1 aromatic rings. The lowest BCUT2D eigenvalue weighted by molar-refractivity contribution is -0.137. The van der Waals surface area contributed by atoms with E-state index in [1.54, 1.807) is 0 Å². The zero-order valence-electron chi connectivity index (χ0n) is 12.0. The first-order valence-electron chi connectivity index (χ1n) is 6.30. The Morgan fingerprint density at radius 2 is 1.95 bits per heavy atom. The fourth-order valence-electron chi connectivity index (χ4n) is 1.67. The molecule has 1 amide bonds. The van der Waals surface area contributed by atoms with Crippen LogP contribution >= 0.6 is 11.6 Å². The van der Waals surface area contributed by atoms with E-state index in [1.807, 2.05) is 19.9 Å². The van der Waals surface area contributed by atoms with Crippen LogP contribution in [0.2, 0.25) is 5.02 Å². The summed E-state index contributed by atoms with van der Waals surface area (Å²) in [6.07, 6.45) is -0.497. The maximum Gasteiger partial charge on any atom is 0.326 e. The molecule has 1 aliphatic heterocycles. The molecule has 2 rings (SSSR count). The normalized spacial score (nSPS) is 15.3. The van der Waals surface area contributed by atoms with Gasteiger partial charge in [0, 0.05) is 25.8 Å². The van der Waals surface area contributed by atoms with E-state index in [4.69, 9.17) is 22.0 Å². The average molecular weight is 319 g/mol. The summed E-state index contributed by atoms with van der Waals surface area (Å²) in [6, 6.07) is 6.04. The quantitative estimate of drug-likeness (QED) is 0.864. The highest BCUT2D eigenvalue weighted by Gasteiger charge is 2.48. The van der Waals surface area contributed by atoms with Crippen LogP contribution in [0.25, 0.3) is 0 Å². The van der Waals surface area contributed by atoms with Gasteiger partial charge in [-0.05, 0) is 18.2 Å². The number of aliphatic hydroxyl groups excluding tert-OH is 1. The monoisotopic (exact) mass is 318 g/mol. The van der Waals surface area contributed by atoms with Crippen LogP contribution < -0.4 is 4.90 Å². The van der Waals surface area contributed by atoms with Crippen LogP contribution in [0.1, 0.15) is 25.8 Å². The summed E-state index contributed by atoms with van der Waals surface area (Å²) in [6.45, 7) is 3.95. The van der Waals surface area contributed by atoms with Gasteiger partial charge in [0.2, 0.25) is 0 Å². The predicted octanol–water partition coefficient (Wildman–Crippen LogP) is 3.22. The standard InChI is InChI=1S/C11H7ClF2N2O.C2H6.CH4O/c12-9-5-8(2-1-7(9)6-15)16-4-3-11(13,14)10(16)17;2*1-2/h1-2,5H,3-4H2;1-2H3;2H,1H3. The molecule has 1 aromatic carbocycles. The van der Waals surface area contributed by atoms with E-state index in [0.717, 1.165) is 12.0 Å². The molecule has 0 saturated carbocycles. The molecule has 0 aromatic heterocycles. The molecule has 0 atom stereocenters. The number of alkyl halides is 2. The Morgan fingerprint density at radius 3 is 2.33 bits per heavy atom. The number of aliphatic hydroxyl groups is 1. The van der Waals surface area contributed by atoms with Crippen molar-refractivity contribution in [3.63, 3.8) is 0 Å². The van der Waals surface area contributed by atoms with Crippen molar-refractivity contribution in [1.82, 2.24) is 0 Å². The van der Waals surface area contributed by atoms with Crippen molar-refractivity contribution >= 4 is 23.2 Å². The molecule has 0 radical (unpaired) electrons. The first-order valence-corrected chi connectivity index (χ1v) is 6.67. The molecule has 1 aliphatic rings. The van der Waals surface area contributed by atoms with E-state index in [0.29, 0.717) is 0 Å². The van der Waals surface area contributed by atoms with E-state index in [-0.39, 0.29) is 22.8 Å². The number of nitriles is 1. The fraction of sp³-hybridized carbons (Fsp3) is 0.429. The smallest absolute Gasteiger partial charge is 0.326 e. The van der Waals surface area contributed by atoms with E-state index in [1.165, 1.54) is 18.2 Å². The average Bonchev–Trinajstić information content (AvgIpc) is 2.77. The molecule has 1 N–H and O–H groups in total. The van der Waals surface area contributed by atoms with E-state index in [2.05, 4.69) is 0 Å². The van der Waals surface area contributed by atoms with Crippen LogP contribution in [0.5, 0.6) is 0 Å². The number of carbonyl (C=O) groups is 1. The van der Waals surface area contributed by atoms with Crippen LogP contribution in [-0.2, 0) is 4.79 Å². The second-order valence-electron chi connectivity index (χ2n) is 3.69. The summed E-state index contributed by atoms with van der Waals surface area (Å²) >= 11 is 5.78. The van der Waals surface area contributed by atoms with Gasteiger partial charge in [-0.3, -0.25) is 4.79 Å². The molecule has 1 heterocycles. The van der Waals surface area contributed by atoms with Gasteiger partial charge in [0.15, 0.2) is 0 Å². The lowest BCUT2D eigenvalue weighted by atomic mass is 10.2. The van der Waals surface area contributed by atoms with Gasteiger partial charge in [0.05, 0.1) is 10.6 Å². The molecule has 0 unspecified atom stereocenters. The Balaban J connectivity index is 0.000000921. The Kier molecular flexibility index (Phi) is 7.85. The molecule has 4 nitrogen and oxygen atoms in total. The Morgan fingerprint density at radius 1 is 1.38 bits per heavy atom. The minimum Gasteiger partial charge on any atom is -0.400 e. The molecule has 116 valence electrons. The van der Waals surface area contributed by atoms with E-state index >= 15 is 0 Å². The van der Waals surface area contributed by atoms with E-state index < -0.39 is 18.3 Å². The minimum absolute atomic E-state index is 0.0476. The third-order valence-electron chi connectivity index (χ3n) is 2.59. The van der Waals surface area contributed by atoms with Crippen molar-refractivity contribution in [2.45, 2.75) is 26.2 Å². The lowest BCUT2D eigenvalue weighted by Crippen LogP contribution is -2.33. The van der Waals surface area contributed by atoms with E-state index in [9.17, 15) is 13.6 Å². The van der Waals surface area contributed by atoms with Gasteiger partial charge in [-0.15, -0.1) is 0 Å². The van der Waals surface area contributed by atoms with Crippen molar-refractivity contribution in [3.8, 4) is 6.07 Å². The highest BCUT2D eigenvalue weighted by atomic mass is 35.5. The van der Waals surface area contributed by atoms with Gasteiger partial charge in [-0.25, -0.2) is 0 Å². The number of halogens is 3. The van der Waals surface area contributed by atoms with Crippen molar-refractivity contribution in [3.05, 3.63) is 28.8 Å². The second kappa shape index (κ2) is 8.55. The molecule has 7 heteroatoms. The number of amides is 1.